The second kappa shape index (κ2) is 6.24. The maximum atomic E-state index is 12.9. The fourth-order valence-electron chi connectivity index (χ4n) is 3.12. The molecular formula is C17H19N3O3. The van der Waals surface area contributed by atoms with Gasteiger partial charge in [0.15, 0.2) is 0 Å². The van der Waals surface area contributed by atoms with Crippen LogP contribution >= 0.6 is 0 Å². The topological polar surface area (TPSA) is 82.3 Å². The molecule has 6 heteroatoms. The van der Waals surface area contributed by atoms with Crippen molar-refractivity contribution in [2.45, 2.75) is 25.8 Å². The predicted octanol–water partition coefficient (Wildman–Crippen LogP) is 1.27. The minimum absolute atomic E-state index is 0.00269. The Balaban J connectivity index is 1.92. The molecule has 1 saturated heterocycles. The summed E-state index contributed by atoms with van der Waals surface area (Å²) in [4.78, 5) is 40.3. The van der Waals surface area contributed by atoms with Crippen molar-refractivity contribution in [1.82, 2.24) is 15.2 Å². The lowest BCUT2D eigenvalue weighted by Crippen LogP contribution is -2.42. The van der Waals surface area contributed by atoms with E-state index in [1.165, 1.54) is 13.1 Å². The molecule has 2 amide bonds. The first-order valence-corrected chi connectivity index (χ1v) is 7.74. The third-order valence-electron chi connectivity index (χ3n) is 4.26. The van der Waals surface area contributed by atoms with Gasteiger partial charge < -0.3 is 15.2 Å². The number of nitrogens with zero attached hydrogens (tertiary/aromatic N) is 1. The van der Waals surface area contributed by atoms with E-state index in [0.717, 1.165) is 12.8 Å². The van der Waals surface area contributed by atoms with E-state index in [4.69, 9.17) is 0 Å². The van der Waals surface area contributed by atoms with Crippen molar-refractivity contribution < 1.29 is 9.59 Å². The van der Waals surface area contributed by atoms with E-state index in [9.17, 15) is 14.4 Å². The van der Waals surface area contributed by atoms with E-state index in [2.05, 4.69) is 10.3 Å². The number of fused-ring (bicyclic) bond motifs is 1. The average Bonchev–Trinajstić information content (AvgIpc) is 3.01. The quantitative estimate of drug-likeness (QED) is 0.895. The summed E-state index contributed by atoms with van der Waals surface area (Å²) in [5, 5.41) is 3.95. The number of H-pyrrole nitrogens is 1. The summed E-state index contributed by atoms with van der Waals surface area (Å²) in [6.45, 7) is 2.59. The third-order valence-corrected chi connectivity index (χ3v) is 4.26. The maximum Gasteiger partial charge on any atom is 0.256 e. The molecule has 1 aromatic heterocycles. The summed E-state index contributed by atoms with van der Waals surface area (Å²) in [6.07, 6.45) is 3.27. The molecule has 0 bridgehead atoms. The predicted molar refractivity (Wildman–Crippen MR) is 87.3 cm³/mol. The van der Waals surface area contributed by atoms with Gasteiger partial charge in [-0.2, -0.15) is 0 Å². The van der Waals surface area contributed by atoms with Crippen LogP contribution in [-0.2, 0) is 4.79 Å². The summed E-state index contributed by atoms with van der Waals surface area (Å²) in [5.74, 6) is -0.205. The van der Waals surface area contributed by atoms with Crippen LogP contribution in [0.2, 0.25) is 0 Å². The Morgan fingerprint density at radius 2 is 2.04 bits per heavy atom. The molecule has 1 aliphatic heterocycles. The first-order valence-electron chi connectivity index (χ1n) is 7.74. The van der Waals surface area contributed by atoms with Crippen LogP contribution in [0.1, 0.15) is 30.1 Å². The van der Waals surface area contributed by atoms with Gasteiger partial charge in [-0.05, 0) is 18.9 Å². The molecule has 3 rings (SSSR count). The summed E-state index contributed by atoms with van der Waals surface area (Å²) < 4.78 is 0. The number of aromatic amines is 1. The van der Waals surface area contributed by atoms with E-state index >= 15 is 0 Å². The molecule has 0 saturated carbocycles. The van der Waals surface area contributed by atoms with Crippen LogP contribution in [0.5, 0.6) is 0 Å². The molecule has 0 unspecified atom stereocenters. The molecule has 2 heterocycles. The molecule has 120 valence electrons. The summed E-state index contributed by atoms with van der Waals surface area (Å²) >= 11 is 0. The van der Waals surface area contributed by atoms with Gasteiger partial charge in [0.25, 0.3) is 11.5 Å². The number of hydrogen-bond acceptors (Lipinski definition) is 3. The number of aromatic nitrogens is 1. The number of rotatable bonds is 3. The van der Waals surface area contributed by atoms with Gasteiger partial charge in [-0.1, -0.05) is 18.2 Å². The highest BCUT2D eigenvalue weighted by atomic mass is 16.2. The van der Waals surface area contributed by atoms with E-state index in [0.29, 0.717) is 29.4 Å². The lowest BCUT2D eigenvalue weighted by molar-refractivity contribution is -0.119. The van der Waals surface area contributed by atoms with Crippen molar-refractivity contribution in [1.29, 1.82) is 0 Å². The molecule has 1 aliphatic rings. The second-order valence-corrected chi connectivity index (χ2v) is 5.81. The summed E-state index contributed by atoms with van der Waals surface area (Å²) in [5.41, 5.74) is 0.295. The Kier molecular flexibility index (Phi) is 4.14. The first-order chi connectivity index (χ1) is 11.1. The number of amides is 2. The summed E-state index contributed by atoms with van der Waals surface area (Å²) in [6, 6.07) is 7.09. The standard InChI is InChI=1S/C17H19N3O3/c1-11(21)18-9-12-5-4-8-20(12)17(23)15-10-19-16(22)14-7-3-2-6-13(14)15/h2-3,6-7,10,12H,4-5,8-9H2,1H3,(H,18,21)(H,19,22)/t12-/m1/s1. The van der Waals surface area contributed by atoms with Crippen LogP contribution in [0.4, 0.5) is 0 Å². The molecule has 1 atom stereocenters. The van der Waals surface area contributed by atoms with Crippen molar-refractivity contribution in [3.8, 4) is 0 Å². The average molecular weight is 313 g/mol. The Morgan fingerprint density at radius 3 is 2.78 bits per heavy atom. The van der Waals surface area contributed by atoms with Crippen molar-refractivity contribution in [3.05, 3.63) is 46.4 Å². The molecule has 1 aromatic carbocycles. The molecule has 1 fully saturated rings. The Bertz CT molecular complexity index is 812. The van der Waals surface area contributed by atoms with Gasteiger partial charge in [0.05, 0.1) is 5.56 Å². The van der Waals surface area contributed by atoms with Crippen LogP contribution in [-0.4, -0.2) is 40.8 Å². The van der Waals surface area contributed by atoms with Gasteiger partial charge in [0.2, 0.25) is 5.91 Å². The van der Waals surface area contributed by atoms with Gasteiger partial charge in [0, 0.05) is 43.0 Å². The number of carbonyl (C=O) groups is 2. The van der Waals surface area contributed by atoms with Crippen molar-refractivity contribution in [2.75, 3.05) is 13.1 Å². The first kappa shape index (κ1) is 15.3. The molecule has 6 nitrogen and oxygen atoms in total. The monoisotopic (exact) mass is 313 g/mol. The van der Waals surface area contributed by atoms with E-state index < -0.39 is 0 Å². The minimum Gasteiger partial charge on any atom is -0.354 e. The number of benzene rings is 1. The van der Waals surface area contributed by atoms with Gasteiger partial charge in [-0.15, -0.1) is 0 Å². The highest BCUT2D eigenvalue weighted by molar-refractivity contribution is 6.06. The third kappa shape index (κ3) is 2.97. The lowest BCUT2D eigenvalue weighted by atomic mass is 10.1. The molecule has 2 N–H and O–H groups in total. The smallest absolute Gasteiger partial charge is 0.256 e. The van der Waals surface area contributed by atoms with Crippen molar-refractivity contribution >= 4 is 22.6 Å². The Labute approximate surface area is 133 Å². The highest BCUT2D eigenvalue weighted by Gasteiger charge is 2.30. The number of carbonyl (C=O) groups excluding carboxylic acids is 2. The molecule has 2 aromatic rings. The fourth-order valence-corrected chi connectivity index (χ4v) is 3.12. The van der Waals surface area contributed by atoms with Crippen LogP contribution in [0.3, 0.4) is 0 Å². The number of hydrogen-bond donors (Lipinski definition) is 2. The highest BCUT2D eigenvalue weighted by Crippen LogP contribution is 2.22. The molecule has 0 spiro atoms. The molecule has 23 heavy (non-hydrogen) atoms. The van der Waals surface area contributed by atoms with E-state index in [1.54, 1.807) is 23.1 Å². The molecule has 0 aliphatic carbocycles. The van der Waals surface area contributed by atoms with Crippen LogP contribution in [0.25, 0.3) is 10.8 Å². The van der Waals surface area contributed by atoms with E-state index in [-0.39, 0.29) is 23.4 Å². The number of pyridine rings is 1. The lowest BCUT2D eigenvalue weighted by Gasteiger charge is -2.25. The van der Waals surface area contributed by atoms with Gasteiger partial charge in [-0.3, -0.25) is 14.4 Å². The van der Waals surface area contributed by atoms with Gasteiger partial charge in [-0.25, -0.2) is 0 Å². The number of likely N-dealkylation sites (tertiary alicyclic amines) is 1. The van der Waals surface area contributed by atoms with Gasteiger partial charge in [0.1, 0.15) is 0 Å². The Hall–Kier alpha value is -2.63. The normalized spacial score (nSPS) is 17.4. The number of nitrogens with one attached hydrogen (secondary N) is 2. The molecular weight excluding hydrogens is 294 g/mol. The minimum atomic E-state index is -0.201. The zero-order chi connectivity index (χ0) is 16.4. The van der Waals surface area contributed by atoms with Crippen LogP contribution < -0.4 is 10.9 Å². The van der Waals surface area contributed by atoms with Crippen molar-refractivity contribution in [2.24, 2.45) is 0 Å². The zero-order valence-electron chi connectivity index (χ0n) is 13.0. The van der Waals surface area contributed by atoms with Crippen LogP contribution in [0.15, 0.2) is 35.3 Å². The SMILES string of the molecule is CC(=O)NC[C@H]1CCCN1C(=O)c1c[nH]c(=O)c2ccccc12. The van der Waals surface area contributed by atoms with Gasteiger partial charge >= 0.3 is 0 Å². The van der Waals surface area contributed by atoms with Crippen LogP contribution in [0, 0.1) is 0 Å². The largest absolute Gasteiger partial charge is 0.354 e. The van der Waals surface area contributed by atoms with E-state index in [1.807, 2.05) is 6.07 Å². The summed E-state index contributed by atoms with van der Waals surface area (Å²) in [7, 11) is 0. The maximum absolute atomic E-state index is 12.9. The van der Waals surface area contributed by atoms with Crippen molar-refractivity contribution in [3.63, 3.8) is 0 Å². The molecule has 0 radical (unpaired) electrons. The fraction of sp³-hybridized carbons (Fsp3) is 0.353. The Morgan fingerprint density at radius 1 is 1.30 bits per heavy atom. The zero-order valence-corrected chi connectivity index (χ0v) is 13.0. The second-order valence-electron chi connectivity index (χ2n) is 5.81.